The molecule has 90 valence electrons. The second-order valence-electron chi connectivity index (χ2n) is 4.07. The van der Waals surface area contributed by atoms with Crippen LogP contribution in [0.3, 0.4) is 0 Å². The van der Waals surface area contributed by atoms with Crippen molar-refractivity contribution >= 4 is 11.6 Å². The molecule has 1 atom stereocenters. The van der Waals surface area contributed by atoms with Crippen molar-refractivity contribution in [1.82, 2.24) is 10.2 Å². The maximum Gasteiger partial charge on any atom is 0.0459 e. The van der Waals surface area contributed by atoms with Crippen molar-refractivity contribution in [1.29, 1.82) is 0 Å². The molecule has 16 heavy (non-hydrogen) atoms. The SMILES string of the molecule is CN(C)CCNC(CN)c1ccccc1Cl. The van der Waals surface area contributed by atoms with Gasteiger partial charge in [0.25, 0.3) is 0 Å². The van der Waals surface area contributed by atoms with Crippen LogP contribution in [-0.4, -0.2) is 38.6 Å². The molecule has 0 aliphatic rings. The highest BCUT2D eigenvalue weighted by atomic mass is 35.5. The van der Waals surface area contributed by atoms with Crippen LogP contribution >= 0.6 is 11.6 Å². The molecule has 3 N–H and O–H groups in total. The molecular weight excluding hydrogens is 222 g/mol. The van der Waals surface area contributed by atoms with Gasteiger partial charge in [-0.15, -0.1) is 0 Å². The molecule has 0 saturated carbocycles. The largest absolute Gasteiger partial charge is 0.329 e. The van der Waals surface area contributed by atoms with Gasteiger partial charge in [-0.2, -0.15) is 0 Å². The van der Waals surface area contributed by atoms with E-state index in [1.54, 1.807) is 0 Å². The van der Waals surface area contributed by atoms with Crippen LogP contribution in [0.15, 0.2) is 24.3 Å². The van der Waals surface area contributed by atoms with Crippen LogP contribution in [0.25, 0.3) is 0 Å². The number of nitrogens with one attached hydrogen (secondary N) is 1. The molecule has 0 spiro atoms. The van der Waals surface area contributed by atoms with Gasteiger partial charge >= 0.3 is 0 Å². The highest BCUT2D eigenvalue weighted by Gasteiger charge is 2.11. The number of benzene rings is 1. The molecule has 0 amide bonds. The van der Waals surface area contributed by atoms with Crippen molar-refractivity contribution in [2.24, 2.45) is 5.73 Å². The van der Waals surface area contributed by atoms with Crippen molar-refractivity contribution in [2.75, 3.05) is 33.7 Å². The van der Waals surface area contributed by atoms with E-state index in [1.165, 1.54) is 0 Å². The fraction of sp³-hybridized carbons (Fsp3) is 0.500. The van der Waals surface area contributed by atoms with Crippen LogP contribution in [0.1, 0.15) is 11.6 Å². The summed E-state index contributed by atoms with van der Waals surface area (Å²) < 4.78 is 0. The summed E-state index contributed by atoms with van der Waals surface area (Å²) in [6.45, 7) is 2.44. The minimum Gasteiger partial charge on any atom is -0.329 e. The Morgan fingerprint density at radius 2 is 2.06 bits per heavy atom. The molecule has 4 heteroatoms. The standard InChI is InChI=1S/C12H20ClN3/c1-16(2)8-7-15-12(9-14)10-5-3-4-6-11(10)13/h3-6,12,15H,7-9,14H2,1-2H3. The third kappa shape index (κ3) is 4.10. The molecule has 1 aromatic carbocycles. The van der Waals surface area contributed by atoms with Gasteiger partial charge in [0.1, 0.15) is 0 Å². The van der Waals surface area contributed by atoms with Crippen molar-refractivity contribution in [3.8, 4) is 0 Å². The molecule has 0 fully saturated rings. The van der Waals surface area contributed by atoms with Gasteiger partial charge in [-0.3, -0.25) is 0 Å². The maximum atomic E-state index is 6.13. The lowest BCUT2D eigenvalue weighted by molar-refractivity contribution is 0.385. The second-order valence-corrected chi connectivity index (χ2v) is 4.47. The number of halogens is 1. The first-order chi connectivity index (χ1) is 7.65. The van der Waals surface area contributed by atoms with E-state index >= 15 is 0 Å². The summed E-state index contributed by atoms with van der Waals surface area (Å²) in [7, 11) is 4.10. The fourth-order valence-corrected chi connectivity index (χ4v) is 1.81. The average molecular weight is 242 g/mol. The number of hydrogen-bond acceptors (Lipinski definition) is 3. The van der Waals surface area contributed by atoms with Gasteiger partial charge in [0.05, 0.1) is 0 Å². The zero-order chi connectivity index (χ0) is 12.0. The predicted molar refractivity (Wildman–Crippen MR) is 69.8 cm³/mol. The molecule has 1 rings (SSSR count). The lowest BCUT2D eigenvalue weighted by Crippen LogP contribution is -2.33. The van der Waals surface area contributed by atoms with E-state index in [2.05, 4.69) is 24.3 Å². The summed E-state index contributed by atoms with van der Waals surface area (Å²) >= 11 is 6.13. The topological polar surface area (TPSA) is 41.3 Å². The van der Waals surface area contributed by atoms with Gasteiger partial charge in [0.2, 0.25) is 0 Å². The Labute approximate surface area is 103 Å². The van der Waals surface area contributed by atoms with Crippen molar-refractivity contribution in [2.45, 2.75) is 6.04 Å². The van der Waals surface area contributed by atoms with Gasteiger partial charge < -0.3 is 16.0 Å². The zero-order valence-corrected chi connectivity index (χ0v) is 10.7. The van der Waals surface area contributed by atoms with Crippen LogP contribution in [0.4, 0.5) is 0 Å². The Morgan fingerprint density at radius 1 is 1.38 bits per heavy atom. The van der Waals surface area contributed by atoms with Crippen LogP contribution < -0.4 is 11.1 Å². The van der Waals surface area contributed by atoms with E-state index < -0.39 is 0 Å². The lowest BCUT2D eigenvalue weighted by atomic mass is 10.1. The first kappa shape index (κ1) is 13.5. The number of nitrogens with zero attached hydrogens (tertiary/aromatic N) is 1. The molecular formula is C12H20ClN3. The third-order valence-electron chi connectivity index (χ3n) is 2.47. The molecule has 1 aromatic rings. The number of likely N-dealkylation sites (N-methyl/N-ethyl adjacent to an activating group) is 1. The first-order valence-electron chi connectivity index (χ1n) is 5.47. The summed E-state index contributed by atoms with van der Waals surface area (Å²) in [5.41, 5.74) is 6.83. The van der Waals surface area contributed by atoms with Crippen molar-refractivity contribution in [3.05, 3.63) is 34.9 Å². The molecule has 0 aliphatic carbocycles. The van der Waals surface area contributed by atoms with Gasteiger partial charge in [-0.25, -0.2) is 0 Å². The summed E-state index contributed by atoms with van der Waals surface area (Å²) in [6, 6.07) is 7.96. The smallest absolute Gasteiger partial charge is 0.0459 e. The van der Waals surface area contributed by atoms with Crippen LogP contribution in [-0.2, 0) is 0 Å². The molecule has 0 heterocycles. The zero-order valence-electron chi connectivity index (χ0n) is 9.91. The summed E-state index contributed by atoms with van der Waals surface area (Å²) in [4.78, 5) is 2.13. The molecule has 0 radical (unpaired) electrons. The van der Waals surface area contributed by atoms with E-state index in [0.29, 0.717) is 6.54 Å². The Bertz CT molecular complexity index is 315. The fourth-order valence-electron chi connectivity index (χ4n) is 1.54. The Kier molecular flexibility index (Phi) is 5.77. The first-order valence-corrected chi connectivity index (χ1v) is 5.85. The van der Waals surface area contributed by atoms with E-state index in [-0.39, 0.29) is 6.04 Å². The normalized spacial score (nSPS) is 13.1. The van der Waals surface area contributed by atoms with E-state index in [9.17, 15) is 0 Å². The number of rotatable bonds is 6. The van der Waals surface area contributed by atoms with Gasteiger partial charge in [-0.05, 0) is 25.7 Å². The molecule has 0 aliphatic heterocycles. The summed E-state index contributed by atoms with van der Waals surface area (Å²) in [5.74, 6) is 0. The maximum absolute atomic E-state index is 6.13. The predicted octanol–water partition coefficient (Wildman–Crippen LogP) is 1.49. The van der Waals surface area contributed by atoms with Gasteiger partial charge in [-0.1, -0.05) is 29.8 Å². The average Bonchev–Trinajstić information content (AvgIpc) is 2.25. The van der Waals surface area contributed by atoms with Gasteiger partial charge in [0, 0.05) is 30.7 Å². The lowest BCUT2D eigenvalue weighted by Gasteiger charge is -2.19. The van der Waals surface area contributed by atoms with E-state index in [0.717, 1.165) is 23.7 Å². The summed E-state index contributed by atoms with van der Waals surface area (Å²) in [6.07, 6.45) is 0. The van der Waals surface area contributed by atoms with E-state index in [1.807, 2.05) is 24.3 Å². The van der Waals surface area contributed by atoms with Crippen LogP contribution in [0.2, 0.25) is 5.02 Å². The molecule has 1 unspecified atom stereocenters. The Balaban J connectivity index is 2.57. The minimum atomic E-state index is 0.133. The van der Waals surface area contributed by atoms with Crippen LogP contribution in [0, 0.1) is 0 Å². The number of hydrogen-bond donors (Lipinski definition) is 2. The number of nitrogens with two attached hydrogens (primary N) is 1. The molecule has 3 nitrogen and oxygen atoms in total. The highest BCUT2D eigenvalue weighted by molar-refractivity contribution is 6.31. The minimum absolute atomic E-state index is 0.133. The second kappa shape index (κ2) is 6.86. The van der Waals surface area contributed by atoms with Crippen LogP contribution in [0.5, 0.6) is 0 Å². The molecule has 0 aromatic heterocycles. The quantitative estimate of drug-likeness (QED) is 0.793. The summed E-state index contributed by atoms with van der Waals surface area (Å²) in [5, 5.41) is 4.18. The van der Waals surface area contributed by atoms with Crippen molar-refractivity contribution < 1.29 is 0 Å². The van der Waals surface area contributed by atoms with Crippen molar-refractivity contribution in [3.63, 3.8) is 0 Å². The Morgan fingerprint density at radius 3 is 2.62 bits per heavy atom. The highest BCUT2D eigenvalue weighted by Crippen LogP contribution is 2.21. The molecule has 0 bridgehead atoms. The monoisotopic (exact) mass is 241 g/mol. The third-order valence-corrected chi connectivity index (χ3v) is 2.81. The van der Waals surface area contributed by atoms with Gasteiger partial charge in [0.15, 0.2) is 0 Å². The van der Waals surface area contributed by atoms with E-state index in [4.69, 9.17) is 17.3 Å². The Hall–Kier alpha value is -0.610. The molecule has 0 saturated heterocycles.